The van der Waals surface area contributed by atoms with E-state index in [1.54, 1.807) is 0 Å². The summed E-state index contributed by atoms with van der Waals surface area (Å²) in [6.07, 6.45) is -0.818. The number of carbonyl (C=O) groups is 1. The molecule has 1 aromatic rings. The molecule has 1 atom stereocenters. The van der Waals surface area contributed by atoms with Gasteiger partial charge in [-0.05, 0) is 40.3 Å². The third-order valence-electron chi connectivity index (χ3n) is 7.14. The standard InChI is InChI=1S/C26H48O5Si2/c1-20(2)33(21(3)4,22(5)6)31-30-25(19-28-17-23-15-13-12-14-16-23)24(27)18-29-32(10,11)26(7,8)9/h12-16,20-22,25H,17-19H2,1-11H3. The molecule has 7 heteroatoms. The Labute approximate surface area is 204 Å². The maximum atomic E-state index is 13.2. The Kier molecular flexibility index (Phi) is 11.7. The van der Waals surface area contributed by atoms with E-state index in [4.69, 9.17) is 18.6 Å². The number of benzene rings is 1. The highest BCUT2D eigenvalue weighted by Crippen LogP contribution is 2.42. The minimum Gasteiger partial charge on any atom is -0.409 e. The summed E-state index contributed by atoms with van der Waals surface area (Å²) >= 11 is 0. The zero-order valence-electron chi connectivity index (χ0n) is 22.9. The molecule has 0 aliphatic carbocycles. The first-order valence-corrected chi connectivity index (χ1v) is 17.3. The molecule has 0 aliphatic rings. The normalized spacial score (nSPS) is 14.4. The number of Topliss-reactive ketones (excluding diaryl/α,β-unsaturated/α-hetero) is 1. The van der Waals surface area contributed by atoms with Crippen LogP contribution in [0.1, 0.15) is 67.9 Å². The van der Waals surface area contributed by atoms with E-state index in [2.05, 4.69) is 75.4 Å². The van der Waals surface area contributed by atoms with Crippen LogP contribution in [-0.4, -0.2) is 41.7 Å². The summed E-state index contributed by atoms with van der Waals surface area (Å²) in [6, 6.07) is 9.93. The van der Waals surface area contributed by atoms with Crippen molar-refractivity contribution >= 4 is 22.4 Å². The van der Waals surface area contributed by atoms with Crippen LogP contribution in [0, 0.1) is 0 Å². The number of rotatable bonds is 14. The first kappa shape index (κ1) is 30.2. The summed E-state index contributed by atoms with van der Waals surface area (Å²) in [5, 5.41) is 0.0267. The lowest BCUT2D eigenvalue weighted by molar-refractivity contribution is -0.263. The molecule has 0 aromatic heterocycles. The van der Waals surface area contributed by atoms with Crippen molar-refractivity contribution in [2.75, 3.05) is 13.2 Å². The van der Waals surface area contributed by atoms with Crippen LogP contribution in [0.2, 0.25) is 34.8 Å². The van der Waals surface area contributed by atoms with Gasteiger partial charge in [-0.15, -0.1) is 0 Å². The van der Waals surface area contributed by atoms with E-state index in [0.717, 1.165) is 5.56 Å². The van der Waals surface area contributed by atoms with Crippen molar-refractivity contribution in [1.29, 1.82) is 0 Å². The van der Waals surface area contributed by atoms with Gasteiger partial charge in [-0.3, -0.25) is 9.37 Å². The molecule has 0 bridgehead atoms. The van der Waals surface area contributed by atoms with E-state index in [-0.39, 0.29) is 24.0 Å². The van der Waals surface area contributed by atoms with Crippen LogP contribution in [-0.2, 0) is 30.0 Å². The number of hydrogen-bond acceptors (Lipinski definition) is 5. The molecule has 0 saturated carbocycles. The average Bonchev–Trinajstić information content (AvgIpc) is 2.70. The quantitative estimate of drug-likeness (QED) is 0.154. The highest BCUT2D eigenvalue weighted by Gasteiger charge is 2.48. The molecule has 0 fully saturated rings. The molecule has 0 amide bonds. The molecule has 1 rings (SSSR count). The second-order valence-electron chi connectivity index (χ2n) is 11.5. The van der Waals surface area contributed by atoms with Gasteiger partial charge in [-0.2, -0.15) is 0 Å². The van der Waals surface area contributed by atoms with Gasteiger partial charge < -0.3 is 9.16 Å². The molecule has 0 saturated heterocycles. The number of ether oxygens (including phenoxy) is 1. The zero-order valence-corrected chi connectivity index (χ0v) is 24.9. The molecule has 0 heterocycles. The van der Waals surface area contributed by atoms with Gasteiger partial charge in [0.25, 0.3) is 0 Å². The first-order chi connectivity index (χ1) is 15.1. The Morgan fingerprint density at radius 3 is 1.88 bits per heavy atom. The number of ketones is 1. The van der Waals surface area contributed by atoms with Crippen LogP contribution in [0.25, 0.3) is 0 Å². The van der Waals surface area contributed by atoms with Crippen LogP contribution in [0.15, 0.2) is 30.3 Å². The summed E-state index contributed by atoms with van der Waals surface area (Å²) in [5.41, 5.74) is 2.10. The van der Waals surface area contributed by atoms with Gasteiger partial charge in [0.1, 0.15) is 0 Å². The lowest BCUT2D eigenvalue weighted by atomic mass is 10.2. The lowest BCUT2D eigenvalue weighted by Crippen LogP contribution is -2.50. The fraction of sp³-hybridized carbons (Fsp3) is 0.731. The molecule has 0 aliphatic heterocycles. The van der Waals surface area contributed by atoms with Crippen LogP contribution in [0.4, 0.5) is 0 Å². The maximum Gasteiger partial charge on any atom is 0.246 e. The molecule has 5 nitrogen and oxygen atoms in total. The molecular weight excluding hydrogens is 448 g/mol. The monoisotopic (exact) mass is 496 g/mol. The van der Waals surface area contributed by atoms with Crippen LogP contribution in [0.3, 0.4) is 0 Å². The smallest absolute Gasteiger partial charge is 0.246 e. The largest absolute Gasteiger partial charge is 0.409 e. The van der Waals surface area contributed by atoms with Gasteiger partial charge in [-0.1, -0.05) is 92.6 Å². The SMILES string of the molecule is CC(C)[Si](OOC(COCc1ccccc1)C(=O)CO[Si](C)(C)C(C)(C)C)(C(C)C)C(C)C. The number of hydrogen-bond donors (Lipinski definition) is 0. The Morgan fingerprint density at radius 1 is 0.909 bits per heavy atom. The van der Waals surface area contributed by atoms with Gasteiger partial charge in [0, 0.05) is 0 Å². The van der Waals surface area contributed by atoms with Crippen molar-refractivity contribution in [3.05, 3.63) is 35.9 Å². The maximum absolute atomic E-state index is 13.2. The molecule has 33 heavy (non-hydrogen) atoms. The lowest BCUT2D eigenvalue weighted by Gasteiger charge is -2.41. The second-order valence-corrected chi connectivity index (χ2v) is 21.6. The molecule has 0 N–H and O–H groups in total. The van der Waals surface area contributed by atoms with E-state index >= 15 is 0 Å². The average molecular weight is 497 g/mol. The van der Waals surface area contributed by atoms with E-state index < -0.39 is 22.7 Å². The van der Waals surface area contributed by atoms with E-state index in [1.165, 1.54) is 0 Å². The summed E-state index contributed by atoms with van der Waals surface area (Å²) in [4.78, 5) is 19.2. The highest BCUT2D eigenvalue weighted by molar-refractivity contribution is 6.77. The minimum absolute atomic E-state index is 0.0127. The highest BCUT2D eigenvalue weighted by atomic mass is 28.4. The predicted molar refractivity (Wildman–Crippen MR) is 141 cm³/mol. The summed E-state index contributed by atoms with van der Waals surface area (Å²) in [6.45, 7) is 24.5. The Hall–Kier alpha value is -0.836. The van der Waals surface area contributed by atoms with Crippen LogP contribution < -0.4 is 0 Å². The molecule has 1 aromatic carbocycles. The fourth-order valence-corrected chi connectivity index (χ4v) is 9.82. The van der Waals surface area contributed by atoms with Crippen molar-refractivity contribution in [2.45, 2.75) is 110 Å². The third kappa shape index (κ3) is 8.40. The minimum atomic E-state index is -2.29. The van der Waals surface area contributed by atoms with E-state index in [0.29, 0.717) is 23.2 Å². The topological polar surface area (TPSA) is 54.0 Å². The third-order valence-corrected chi connectivity index (χ3v) is 17.4. The van der Waals surface area contributed by atoms with Crippen LogP contribution in [0.5, 0.6) is 0 Å². The summed E-state index contributed by atoms with van der Waals surface area (Å²) in [5.74, 6) is -0.132. The summed E-state index contributed by atoms with van der Waals surface area (Å²) < 4.78 is 18.4. The molecular formula is C26H48O5Si2. The second kappa shape index (κ2) is 12.7. The van der Waals surface area contributed by atoms with E-state index in [9.17, 15) is 4.79 Å². The van der Waals surface area contributed by atoms with Gasteiger partial charge in [0.2, 0.25) is 8.32 Å². The number of carbonyl (C=O) groups excluding carboxylic acids is 1. The fourth-order valence-electron chi connectivity index (χ4n) is 4.02. The Bertz CT molecular complexity index is 689. The predicted octanol–water partition coefficient (Wildman–Crippen LogP) is 7.29. The molecule has 1 unspecified atom stereocenters. The van der Waals surface area contributed by atoms with Crippen molar-refractivity contribution < 1.29 is 23.4 Å². The van der Waals surface area contributed by atoms with Crippen molar-refractivity contribution in [2.24, 2.45) is 0 Å². The van der Waals surface area contributed by atoms with Gasteiger partial charge in [0.15, 0.2) is 20.2 Å². The summed E-state index contributed by atoms with van der Waals surface area (Å²) in [7, 11) is -4.35. The van der Waals surface area contributed by atoms with Crippen molar-refractivity contribution in [3.8, 4) is 0 Å². The van der Waals surface area contributed by atoms with Gasteiger partial charge >= 0.3 is 0 Å². The van der Waals surface area contributed by atoms with E-state index in [1.807, 2.05) is 30.3 Å². The first-order valence-electron chi connectivity index (χ1n) is 12.3. The van der Waals surface area contributed by atoms with Gasteiger partial charge in [-0.25, -0.2) is 4.89 Å². The van der Waals surface area contributed by atoms with Crippen molar-refractivity contribution in [1.82, 2.24) is 0 Å². The molecule has 190 valence electrons. The van der Waals surface area contributed by atoms with Gasteiger partial charge in [0.05, 0.1) is 19.8 Å². The Balaban J connectivity index is 2.97. The zero-order chi connectivity index (χ0) is 25.4. The van der Waals surface area contributed by atoms with Crippen molar-refractivity contribution in [3.63, 3.8) is 0 Å². The van der Waals surface area contributed by atoms with Crippen LogP contribution >= 0.6 is 0 Å². The molecule has 0 spiro atoms. The molecule has 0 radical (unpaired) electrons. The Morgan fingerprint density at radius 2 is 1.42 bits per heavy atom.